The summed E-state index contributed by atoms with van der Waals surface area (Å²) in [4.78, 5) is 0. The van der Waals surface area contributed by atoms with Crippen LogP contribution in [0.15, 0.2) is 0 Å². The first-order valence-electron chi connectivity index (χ1n) is 7.00. The summed E-state index contributed by atoms with van der Waals surface area (Å²) in [6.45, 7) is -2.75. The van der Waals surface area contributed by atoms with Gasteiger partial charge >= 0.3 is 0 Å². The van der Waals surface area contributed by atoms with Gasteiger partial charge in [0.1, 0.15) is 49.8 Å². The van der Waals surface area contributed by atoms with E-state index in [0.29, 0.717) is 0 Å². The van der Waals surface area contributed by atoms with Gasteiger partial charge in [0, 0.05) is 0 Å². The molecule has 2 aliphatic heterocycles. The second-order valence-corrected chi connectivity index (χ2v) is 5.73. The highest BCUT2D eigenvalue weighted by molar-refractivity contribution is 4.95. The molecule has 0 unspecified atom stereocenters. The van der Waals surface area contributed by atoms with E-state index in [1.807, 2.05) is 0 Å². The normalized spacial score (nSPS) is 51.7. The Morgan fingerprint density at radius 3 is 1.96 bits per heavy atom. The van der Waals surface area contributed by atoms with Crippen molar-refractivity contribution < 1.29 is 55.1 Å². The third kappa shape index (κ3) is 3.36. The van der Waals surface area contributed by atoms with E-state index in [-0.39, 0.29) is 0 Å². The summed E-state index contributed by atoms with van der Waals surface area (Å²) in [7, 11) is 0. The minimum Gasteiger partial charge on any atom is -0.391 e. The van der Waals surface area contributed by atoms with Crippen LogP contribution in [0.4, 0.5) is 0 Å². The molecule has 0 aromatic rings. The lowest BCUT2D eigenvalue weighted by atomic mass is 9.95. The molecule has 11 nitrogen and oxygen atoms in total. The highest BCUT2D eigenvalue weighted by Gasteiger charge is 2.54. The lowest BCUT2D eigenvalue weighted by molar-refractivity contribution is -0.391. The van der Waals surface area contributed by atoms with Crippen molar-refractivity contribution in [2.45, 2.75) is 48.2 Å². The summed E-state index contributed by atoms with van der Waals surface area (Å²) >= 11 is 0. The minimum absolute atomic E-state index is 0.456. The first-order chi connectivity index (χ1) is 10.7. The molecule has 0 radical (unpaired) electrons. The van der Waals surface area contributed by atoms with E-state index >= 15 is 0 Å². The van der Waals surface area contributed by atoms with Crippen LogP contribution in [0.1, 0.15) is 0 Å². The van der Waals surface area contributed by atoms with E-state index in [1.165, 1.54) is 0 Å². The fourth-order valence-electron chi connectivity index (χ4n) is 2.44. The highest BCUT2D eigenvalue weighted by Crippen LogP contribution is 2.31. The van der Waals surface area contributed by atoms with Crippen molar-refractivity contribution in [2.75, 3.05) is 26.4 Å². The average Bonchev–Trinajstić information content (AvgIpc) is 2.55. The molecule has 136 valence electrons. The third-order valence-electron chi connectivity index (χ3n) is 4.09. The van der Waals surface area contributed by atoms with Crippen molar-refractivity contribution in [3.63, 3.8) is 0 Å². The monoisotopic (exact) mass is 342 g/mol. The van der Waals surface area contributed by atoms with Gasteiger partial charge in [-0.3, -0.25) is 0 Å². The van der Waals surface area contributed by atoms with Crippen molar-refractivity contribution >= 4 is 0 Å². The number of aliphatic hydroxyl groups is 8. The van der Waals surface area contributed by atoms with Gasteiger partial charge < -0.3 is 55.1 Å². The molecule has 0 spiro atoms. The summed E-state index contributed by atoms with van der Waals surface area (Å²) < 4.78 is 15.0. The van der Waals surface area contributed by atoms with Gasteiger partial charge in [0.25, 0.3) is 0 Å². The fourth-order valence-corrected chi connectivity index (χ4v) is 2.44. The molecule has 0 aromatic heterocycles. The number of aliphatic hydroxyl groups excluding tert-OH is 7. The molecule has 0 saturated carbocycles. The molecular weight excluding hydrogens is 320 g/mol. The molecule has 23 heavy (non-hydrogen) atoms. The van der Waals surface area contributed by atoms with Crippen LogP contribution in [-0.4, -0.2) is 115 Å². The van der Waals surface area contributed by atoms with E-state index in [9.17, 15) is 40.9 Å². The summed E-state index contributed by atoms with van der Waals surface area (Å²) in [5.41, 5.74) is 0. The zero-order valence-electron chi connectivity index (χ0n) is 12.1. The van der Waals surface area contributed by atoms with Gasteiger partial charge in [-0.2, -0.15) is 0 Å². The second-order valence-electron chi connectivity index (χ2n) is 5.73. The van der Waals surface area contributed by atoms with Crippen molar-refractivity contribution in [1.29, 1.82) is 0 Å². The Bertz CT molecular complexity index is 408. The fraction of sp³-hybridized carbons (Fsp3) is 1.00. The van der Waals surface area contributed by atoms with Crippen LogP contribution in [0.25, 0.3) is 0 Å². The molecule has 0 bridgehead atoms. The van der Waals surface area contributed by atoms with Crippen molar-refractivity contribution in [3.05, 3.63) is 0 Å². The lowest BCUT2D eigenvalue weighted by Crippen LogP contribution is -2.67. The van der Waals surface area contributed by atoms with Crippen LogP contribution < -0.4 is 0 Å². The molecule has 8 N–H and O–H groups in total. The van der Waals surface area contributed by atoms with Gasteiger partial charge in [-0.15, -0.1) is 0 Å². The Hall–Kier alpha value is -0.440. The average molecular weight is 342 g/mol. The minimum atomic E-state index is -2.44. The Kier molecular flexibility index (Phi) is 5.60. The third-order valence-corrected chi connectivity index (χ3v) is 4.09. The molecule has 0 aliphatic carbocycles. The molecule has 0 amide bonds. The molecule has 0 aromatic carbocycles. The molecule has 2 rings (SSSR count). The smallest absolute Gasteiger partial charge is 0.221 e. The maximum atomic E-state index is 10.2. The molecule has 2 fully saturated rings. The maximum absolute atomic E-state index is 10.2. The quantitative estimate of drug-likeness (QED) is 0.243. The van der Waals surface area contributed by atoms with Crippen LogP contribution in [-0.2, 0) is 14.2 Å². The van der Waals surface area contributed by atoms with Crippen LogP contribution >= 0.6 is 0 Å². The van der Waals surface area contributed by atoms with Crippen molar-refractivity contribution in [2.24, 2.45) is 0 Å². The van der Waals surface area contributed by atoms with E-state index in [4.69, 9.17) is 14.2 Å². The van der Waals surface area contributed by atoms with Crippen LogP contribution in [0.2, 0.25) is 0 Å². The Labute approximate surface area is 130 Å². The molecule has 2 saturated heterocycles. The summed E-state index contributed by atoms with van der Waals surface area (Å²) in [5.74, 6) is -4.61. The van der Waals surface area contributed by atoms with Gasteiger partial charge in [0.2, 0.25) is 11.6 Å². The topological polar surface area (TPSA) is 190 Å². The van der Waals surface area contributed by atoms with Crippen LogP contribution in [0, 0.1) is 0 Å². The van der Waals surface area contributed by atoms with Gasteiger partial charge in [-0.25, -0.2) is 0 Å². The predicted molar refractivity (Wildman–Crippen MR) is 68.7 cm³/mol. The Morgan fingerprint density at radius 1 is 0.870 bits per heavy atom. The first-order valence-corrected chi connectivity index (χ1v) is 7.00. The van der Waals surface area contributed by atoms with E-state index < -0.39 is 74.6 Å². The van der Waals surface area contributed by atoms with Gasteiger partial charge in [0.15, 0.2) is 0 Å². The zero-order chi connectivity index (χ0) is 17.4. The second kappa shape index (κ2) is 6.82. The molecular formula is C12H22O11. The van der Waals surface area contributed by atoms with Gasteiger partial charge in [0.05, 0.1) is 13.2 Å². The maximum Gasteiger partial charge on any atom is 0.221 e. The van der Waals surface area contributed by atoms with E-state index in [0.717, 1.165) is 0 Å². The number of hydrogen-bond donors (Lipinski definition) is 8. The van der Waals surface area contributed by atoms with Crippen molar-refractivity contribution in [3.8, 4) is 0 Å². The zero-order valence-corrected chi connectivity index (χ0v) is 12.1. The van der Waals surface area contributed by atoms with Crippen molar-refractivity contribution in [1.82, 2.24) is 0 Å². The largest absolute Gasteiger partial charge is 0.391 e. The van der Waals surface area contributed by atoms with Gasteiger partial charge in [-0.1, -0.05) is 0 Å². The summed E-state index contributed by atoms with van der Waals surface area (Å²) in [6.07, 6.45) is -9.97. The predicted octanol–water partition coefficient (Wildman–Crippen LogP) is -5.39. The number of rotatable bonds is 4. The lowest BCUT2D eigenvalue weighted by Gasteiger charge is -2.46. The Morgan fingerprint density at radius 2 is 1.39 bits per heavy atom. The summed E-state index contributed by atoms with van der Waals surface area (Å²) in [5, 5.41) is 77.3. The van der Waals surface area contributed by atoms with Crippen LogP contribution in [0.3, 0.4) is 0 Å². The number of hydrogen-bond acceptors (Lipinski definition) is 11. The summed E-state index contributed by atoms with van der Waals surface area (Å²) in [6, 6.07) is 0. The molecule has 8 atom stereocenters. The van der Waals surface area contributed by atoms with Crippen LogP contribution in [0.5, 0.6) is 0 Å². The van der Waals surface area contributed by atoms with E-state index in [1.54, 1.807) is 0 Å². The van der Waals surface area contributed by atoms with Gasteiger partial charge in [-0.05, 0) is 0 Å². The SMILES string of the molecule is OC[C@]1(OC[C@]2(O)OC[C@@H](O)[C@@H](O)[C@@H]2O)OC[C@H](O)[C@@H](O)[C@@H]1O. The molecule has 2 heterocycles. The Balaban J connectivity index is 2.08. The van der Waals surface area contributed by atoms with E-state index in [2.05, 4.69) is 0 Å². The first kappa shape index (κ1) is 18.9. The number of ether oxygens (including phenoxy) is 3. The standard InChI is InChI=1S/C12H22O11/c13-3-12(10(19)8(17)6(15)2-22-12)23-4-11(20)9(18)7(16)5(14)1-21-11/h5-10,13-20H,1-4H2/t5-,6+,7-,8-,9+,10+,11+,12-/m1/s1. The molecule has 2 aliphatic rings. The molecule has 11 heteroatoms. The highest BCUT2D eigenvalue weighted by atomic mass is 16.7.